The predicted molar refractivity (Wildman–Crippen MR) is 66.2 cm³/mol. The summed E-state index contributed by atoms with van der Waals surface area (Å²) in [5.74, 6) is 0. The molecule has 0 aliphatic heterocycles. The van der Waals surface area contributed by atoms with Crippen molar-refractivity contribution in [3.63, 3.8) is 0 Å². The van der Waals surface area contributed by atoms with Crippen LogP contribution in [0.25, 0.3) is 0 Å². The number of hydrogen-bond acceptors (Lipinski definition) is 2. The summed E-state index contributed by atoms with van der Waals surface area (Å²) in [6.45, 7) is 6.30. The van der Waals surface area contributed by atoms with Gasteiger partial charge in [0.05, 0.1) is 6.61 Å². The number of rotatable bonds is 5. The zero-order chi connectivity index (χ0) is 11.6. The lowest BCUT2D eigenvalue weighted by molar-refractivity contribution is 0.185. The summed E-state index contributed by atoms with van der Waals surface area (Å²) in [6.07, 6.45) is 1.30. The van der Waals surface area contributed by atoms with Gasteiger partial charge in [-0.3, -0.25) is 0 Å². The van der Waals surface area contributed by atoms with E-state index in [4.69, 9.17) is 4.74 Å². The van der Waals surface area contributed by atoms with Gasteiger partial charge in [0.25, 0.3) is 0 Å². The first-order chi connectivity index (χ1) is 7.62. The van der Waals surface area contributed by atoms with Crippen molar-refractivity contribution in [3.05, 3.63) is 35.4 Å². The lowest BCUT2D eigenvalue weighted by Gasteiger charge is -2.07. The zero-order valence-corrected chi connectivity index (χ0v) is 10.4. The normalized spacial score (nSPS) is 22.1. The van der Waals surface area contributed by atoms with E-state index >= 15 is 0 Å². The van der Waals surface area contributed by atoms with Crippen LogP contribution in [0.5, 0.6) is 0 Å². The standard InChI is InChI=1S/C14H21NO/c1-14(2)8-13(14)15-9-11-4-6-12(7-5-11)10-16-3/h4-7,13,15H,8-10H2,1-3H3. The number of nitrogens with one attached hydrogen (secondary N) is 1. The fourth-order valence-corrected chi connectivity index (χ4v) is 1.98. The lowest BCUT2D eigenvalue weighted by atomic mass is 10.1. The van der Waals surface area contributed by atoms with Gasteiger partial charge in [-0.25, -0.2) is 0 Å². The molecule has 1 N–H and O–H groups in total. The van der Waals surface area contributed by atoms with Crippen molar-refractivity contribution in [1.29, 1.82) is 0 Å². The Kier molecular flexibility index (Phi) is 3.31. The van der Waals surface area contributed by atoms with Crippen molar-refractivity contribution in [2.75, 3.05) is 7.11 Å². The molecule has 0 heterocycles. The van der Waals surface area contributed by atoms with Crippen LogP contribution in [0.4, 0.5) is 0 Å². The molecule has 1 aliphatic rings. The summed E-state index contributed by atoms with van der Waals surface area (Å²) in [7, 11) is 1.73. The predicted octanol–water partition coefficient (Wildman–Crippen LogP) is 2.72. The van der Waals surface area contributed by atoms with Gasteiger partial charge in [-0.1, -0.05) is 38.1 Å². The van der Waals surface area contributed by atoms with Gasteiger partial charge in [-0.2, -0.15) is 0 Å². The Morgan fingerprint density at radius 3 is 2.31 bits per heavy atom. The van der Waals surface area contributed by atoms with Gasteiger partial charge >= 0.3 is 0 Å². The Morgan fingerprint density at radius 2 is 1.81 bits per heavy atom. The highest BCUT2D eigenvalue weighted by Crippen LogP contribution is 2.44. The van der Waals surface area contributed by atoms with Gasteiger partial charge in [-0.15, -0.1) is 0 Å². The van der Waals surface area contributed by atoms with Crippen molar-refractivity contribution in [3.8, 4) is 0 Å². The van der Waals surface area contributed by atoms with Crippen molar-refractivity contribution in [1.82, 2.24) is 5.32 Å². The molecule has 1 aromatic rings. The summed E-state index contributed by atoms with van der Waals surface area (Å²) in [5.41, 5.74) is 3.09. The third-order valence-corrected chi connectivity index (χ3v) is 3.40. The van der Waals surface area contributed by atoms with Crippen LogP contribution in [0.15, 0.2) is 24.3 Å². The Bertz CT molecular complexity index is 342. The first kappa shape index (κ1) is 11.6. The van der Waals surface area contributed by atoms with Gasteiger partial charge in [0.1, 0.15) is 0 Å². The topological polar surface area (TPSA) is 21.3 Å². The Morgan fingerprint density at radius 1 is 1.25 bits per heavy atom. The zero-order valence-electron chi connectivity index (χ0n) is 10.4. The summed E-state index contributed by atoms with van der Waals surface area (Å²) >= 11 is 0. The average Bonchev–Trinajstić information content (AvgIpc) is 2.86. The molecule has 1 saturated carbocycles. The van der Waals surface area contributed by atoms with Gasteiger partial charge in [-0.05, 0) is 23.0 Å². The molecule has 2 rings (SSSR count). The third kappa shape index (κ3) is 2.83. The number of hydrogen-bond donors (Lipinski definition) is 1. The quantitative estimate of drug-likeness (QED) is 0.822. The summed E-state index contributed by atoms with van der Waals surface area (Å²) in [4.78, 5) is 0. The van der Waals surface area contributed by atoms with Gasteiger partial charge in [0.15, 0.2) is 0 Å². The molecule has 1 aliphatic carbocycles. The molecule has 0 aromatic heterocycles. The largest absolute Gasteiger partial charge is 0.380 e. The first-order valence-electron chi connectivity index (χ1n) is 5.92. The molecule has 2 nitrogen and oxygen atoms in total. The second-order valence-corrected chi connectivity index (χ2v) is 5.38. The molecular formula is C14H21NO. The maximum absolute atomic E-state index is 5.09. The van der Waals surface area contributed by atoms with Crippen molar-refractivity contribution in [2.24, 2.45) is 5.41 Å². The van der Waals surface area contributed by atoms with E-state index in [2.05, 4.69) is 43.4 Å². The van der Waals surface area contributed by atoms with E-state index in [1.165, 1.54) is 17.5 Å². The molecule has 0 amide bonds. The highest BCUT2D eigenvalue weighted by molar-refractivity contribution is 5.22. The van der Waals surface area contributed by atoms with Crippen LogP contribution in [-0.4, -0.2) is 13.2 Å². The van der Waals surface area contributed by atoms with E-state index in [1.54, 1.807) is 7.11 Å². The van der Waals surface area contributed by atoms with Crippen molar-refractivity contribution < 1.29 is 4.74 Å². The van der Waals surface area contributed by atoms with E-state index in [0.717, 1.165) is 6.54 Å². The third-order valence-electron chi connectivity index (χ3n) is 3.40. The summed E-state index contributed by atoms with van der Waals surface area (Å²) < 4.78 is 5.09. The van der Waals surface area contributed by atoms with E-state index < -0.39 is 0 Å². The molecule has 0 saturated heterocycles. The molecular weight excluding hydrogens is 198 g/mol. The monoisotopic (exact) mass is 219 g/mol. The summed E-state index contributed by atoms with van der Waals surface area (Å²) in [6, 6.07) is 9.33. The maximum atomic E-state index is 5.09. The second-order valence-electron chi connectivity index (χ2n) is 5.38. The van der Waals surface area contributed by atoms with Gasteiger partial charge in [0, 0.05) is 19.7 Å². The van der Waals surface area contributed by atoms with E-state index in [0.29, 0.717) is 18.1 Å². The van der Waals surface area contributed by atoms with Crippen LogP contribution in [0.2, 0.25) is 0 Å². The molecule has 16 heavy (non-hydrogen) atoms. The van der Waals surface area contributed by atoms with Gasteiger partial charge < -0.3 is 10.1 Å². The van der Waals surface area contributed by atoms with Gasteiger partial charge in [0.2, 0.25) is 0 Å². The van der Waals surface area contributed by atoms with Crippen LogP contribution in [0, 0.1) is 5.41 Å². The van der Waals surface area contributed by atoms with Crippen molar-refractivity contribution in [2.45, 2.75) is 39.5 Å². The Hall–Kier alpha value is -0.860. The minimum atomic E-state index is 0.510. The number of methoxy groups -OCH3 is 1. The number of ether oxygens (including phenoxy) is 1. The van der Waals surface area contributed by atoms with E-state index in [-0.39, 0.29) is 0 Å². The van der Waals surface area contributed by atoms with Crippen LogP contribution in [-0.2, 0) is 17.9 Å². The average molecular weight is 219 g/mol. The maximum Gasteiger partial charge on any atom is 0.0713 e. The molecule has 1 aromatic carbocycles. The highest BCUT2D eigenvalue weighted by Gasteiger charge is 2.44. The van der Waals surface area contributed by atoms with Crippen molar-refractivity contribution >= 4 is 0 Å². The molecule has 88 valence electrons. The minimum Gasteiger partial charge on any atom is -0.380 e. The molecule has 1 atom stereocenters. The van der Waals surface area contributed by atoms with Crippen LogP contribution >= 0.6 is 0 Å². The minimum absolute atomic E-state index is 0.510. The second kappa shape index (κ2) is 4.56. The Labute approximate surface area is 98.0 Å². The fourth-order valence-electron chi connectivity index (χ4n) is 1.98. The van der Waals surface area contributed by atoms with Crippen LogP contribution in [0.1, 0.15) is 31.4 Å². The SMILES string of the molecule is COCc1ccc(CNC2CC2(C)C)cc1. The number of benzene rings is 1. The molecule has 0 radical (unpaired) electrons. The van der Waals surface area contributed by atoms with Crippen LogP contribution < -0.4 is 5.32 Å². The Balaban J connectivity index is 1.81. The molecule has 1 fully saturated rings. The highest BCUT2D eigenvalue weighted by atomic mass is 16.5. The lowest BCUT2D eigenvalue weighted by Crippen LogP contribution is -2.19. The molecule has 0 spiro atoms. The smallest absolute Gasteiger partial charge is 0.0713 e. The first-order valence-corrected chi connectivity index (χ1v) is 5.92. The van der Waals surface area contributed by atoms with Crippen LogP contribution in [0.3, 0.4) is 0 Å². The summed E-state index contributed by atoms with van der Waals surface area (Å²) in [5, 5.41) is 3.58. The molecule has 2 heteroatoms. The molecule has 1 unspecified atom stereocenters. The van der Waals surface area contributed by atoms with E-state index in [9.17, 15) is 0 Å². The molecule has 0 bridgehead atoms. The van der Waals surface area contributed by atoms with E-state index in [1.807, 2.05) is 0 Å². The fraction of sp³-hybridized carbons (Fsp3) is 0.571.